The lowest BCUT2D eigenvalue weighted by Crippen LogP contribution is -1.79. The van der Waals surface area contributed by atoms with Crippen molar-refractivity contribution < 1.29 is 10.2 Å². The summed E-state index contributed by atoms with van der Waals surface area (Å²) in [4.78, 5) is 0. The quantitative estimate of drug-likeness (QED) is 0.707. The second kappa shape index (κ2) is 3.17. The molecule has 0 aliphatic carbocycles. The normalized spacial score (nSPS) is 10.7. The summed E-state index contributed by atoms with van der Waals surface area (Å²) in [6, 6.07) is 7.03. The minimum Gasteiger partial charge on any atom is -0.504 e. The van der Waals surface area contributed by atoms with E-state index in [1.54, 1.807) is 12.1 Å². The SMILES string of the molecule is Cc1cc2ccc(O)c(O)c2cc1Br. The molecule has 0 heterocycles. The van der Waals surface area contributed by atoms with Crippen LogP contribution >= 0.6 is 15.9 Å². The van der Waals surface area contributed by atoms with Crippen LogP contribution in [-0.4, -0.2) is 10.2 Å². The molecule has 0 bridgehead atoms. The molecule has 0 aromatic heterocycles. The molecular weight excluding hydrogens is 244 g/mol. The molecule has 2 rings (SSSR count). The number of hydrogen-bond donors (Lipinski definition) is 2. The molecule has 2 nitrogen and oxygen atoms in total. The van der Waals surface area contributed by atoms with Crippen LogP contribution in [-0.2, 0) is 0 Å². The predicted molar refractivity (Wildman–Crippen MR) is 59.7 cm³/mol. The van der Waals surface area contributed by atoms with Gasteiger partial charge in [0.1, 0.15) is 0 Å². The van der Waals surface area contributed by atoms with Gasteiger partial charge in [0.05, 0.1) is 0 Å². The van der Waals surface area contributed by atoms with Crippen LogP contribution in [0.3, 0.4) is 0 Å². The summed E-state index contributed by atoms with van der Waals surface area (Å²) >= 11 is 3.38. The third kappa shape index (κ3) is 1.34. The molecule has 0 saturated heterocycles. The number of fused-ring (bicyclic) bond motifs is 1. The van der Waals surface area contributed by atoms with Gasteiger partial charge in [-0.25, -0.2) is 0 Å². The zero-order valence-corrected chi connectivity index (χ0v) is 9.17. The van der Waals surface area contributed by atoms with Crippen molar-refractivity contribution in [1.29, 1.82) is 0 Å². The van der Waals surface area contributed by atoms with Crippen molar-refractivity contribution >= 4 is 26.7 Å². The first kappa shape index (κ1) is 9.34. The first-order valence-electron chi connectivity index (χ1n) is 4.20. The second-order valence-electron chi connectivity index (χ2n) is 3.26. The molecule has 0 spiro atoms. The Balaban J connectivity index is 2.89. The van der Waals surface area contributed by atoms with Crippen LogP contribution in [0.15, 0.2) is 28.7 Å². The van der Waals surface area contributed by atoms with E-state index in [0.29, 0.717) is 5.39 Å². The molecule has 0 atom stereocenters. The highest BCUT2D eigenvalue weighted by Gasteiger charge is 2.06. The van der Waals surface area contributed by atoms with Crippen molar-refractivity contribution in [3.63, 3.8) is 0 Å². The van der Waals surface area contributed by atoms with Crippen molar-refractivity contribution in [3.8, 4) is 11.5 Å². The summed E-state index contributed by atoms with van der Waals surface area (Å²) in [5.41, 5.74) is 1.10. The topological polar surface area (TPSA) is 40.5 Å². The van der Waals surface area contributed by atoms with Gasteiger partial charge < -0.3 is 10.2 Å². The Morgan fingerprint density at radius 2 is 1.86 bits per heavy atom. The summed E-state index contributed by atoms with van der Waals surface area (Å²) in [5, 5.41) is 20.5. The molecule has 0 aliphatic rings. The highest BCUT2D eigenvalue weighted by Crippen LogP contribution is 2.35. The molecule has 0 amide bonds. The zero-order chi connectivity index (χ0) is 10.3. The molecule has 2 aromatic rings. The molecule has 3 heteroatoms. The fraction of sp³-hybridized carbons (Fsp3) is 0.0909. The number of rotatable bonds is 0. The summed E-state index contributed by atoms with van der Waals surface area (Å²) in [5.74, 6) is -0.156. The summed E-state index contributed by atoms with van der Waals surface area (Å²) in [6.07, 6.45) is 0. The van der Waals surface area contributed by atoms with Crippen LogP contribution in [0.25, 0.3) is 10.8 Å². The van der Waals surface area contributed by atoms with Gasteiger partial charge in [-0.2, -0.15) is 0 Å². The van der Waals surface area contributed by atoms with E-state index in [9.17, 15) is 10.2 Å². The van der Waals surface area contributed by atoms with Crippen molar-refractivity contribution in [3.05, 3.63) is 34.3 Å². The maximum absolute atomic E-state index is 9.60. The highest BCUT2D eigenvalue weighted by atomic mass is 79.9. The standard InChI is InChI=1S/C11H9BrO2/c1-6-4-7-2-3-10(13)11(14)8(7)5-9(6)12/h2-5,13-14H,1H3. The summed E-state index contributed by atoms with van der Waals surface area (Å²) < 4.78 is 0.922. The van der Waals surface area contributed by atoms with Gasteiger partial charge in [0.25, 0.3) is 0 Å². The van der Waals surface area contributed by atoms with E-state index in [0.717, 1.165) is 15.4 Å². The smallest absolute Gasteiger partial charge is 0.165 e. The third-order valence-electron chi connectivity index (χ3n) is 2.25. The van der Waals surface area contributed by atoms with Gasteiger partial charge in [-0.3, -0.25) is 0 Å². The predicted octanol–water partition coefficient (Wildman–Crippen LogP) is 3.32. The Bertz CT molecular complexity index is 506. The minimum atomic E-state index is -0.0896. The first-order chi connectivity index (χ1) is 6.59. The van der Waals surface area contributed by atoms with Crippen LogP contribution in [0.1, 0.15) is 5.56 Å². The second-order valence-corrected chi connectivity index (χ2v) is 4.11. The molecule has 2 aromatic carbocycles. The molecular formula is C11H9BrO2. The maximum Gasteiger partial charge on any atom is 0.165 e. The Morgan fingerprint density at radius 1 is 1.14 bits per heavy atom. The van der Waals surface area contributed by atoms with Gasteiger partial charge in [0.2, 0.25) is 0 Å². The van der Waals surface area contributed by atoms with Crippen molar-refractivity contribution in [2.45, 2.75) is 6.92 Å². The highest BCUT2D eigenvalue weighted by molar-refractivity contribution is 9.10. The van der Waals surface area contributed by atoms with Gasteiger partial charge >= 0.3 is 0 Å². The average Bonchev–Trinajstić information content (AvgIpc) is 2.15. The van der Waals surface area contributed by atoms with Crippen molar-refractivity contribution in [2.24, 2.45) is 0 Å². The van der Waals surface area contributed by atoms with Gasteiger partial charge in [0.15, 0.2) is 11.5 Å². The fourth-order valence-corrected chi connectivity index (χ4v) is 1.78. The molecule has 72 valence electrons. The lowest BCUT2D eigenvalue weighted by molar-refractivity contribution is 0.408. The van der Waals surface area contributed by atoms with Gasteiger partial charge in [-0.15, -0.1) is 0 Å². The van der Waals surface area contributed by atoms with Gasteiger partial charge in [-0.05, 0) is 30.0 Å². The molecule has 0 fully saturated rings. The summed E-state index contributed by atoms with van der Waals surface area (Å²) in [7, 11) is 0. The largest absolute Gasteiger partial charge is 0.504 e. The van der Waals surface area contributed by atoms with Crippen molar-refractivity contribution in [1.82, 2.24) is 0 Å². The maximum atomic E-state index is 9.60. The van der Waals surface area contributed by atoms with Crippen LogP contribution in [0, 0.1) is 6.92 Å². The minimum absolute atomic E-state index is 0.0665. The van der Waals surface area contributed by atoms with Crippen LogP contribution in [0.4, 0.5) is 0 Å². The van der Waals surface area contributed by atoms with Crippen molar-refractivity contribution in [2.75, 3.05) is 0 Å². The van der Waals surface area contributed by atoms with E-state index < -0.39 is 0 Å². The van der Waals surface area contributed by atoms with Crippen LogP contribution < -0.4 is 0 Å². The molecule has 2 N–H and O–H groups in total. The van der Waals surface area contributed by atoms with Gasteiger partial charge in [-0.1, -0.05) is 28.1 Å². The summed E-state index contributed by atoms with van der Waals surface area (Å²) in [6.45, 7) is 1.98. The number of phenolic OH excluding ortho intramolecular Hbond substituents is 2. The number of phenols is 2. The molecule has 0 aliphatic heterocycles. The Labute approximate surface area is 89.9 Å². The zero-order valence-electron chi connectivity index (χ0n) is 7.58. The molecule has 14 heavy (non-hydrogen) atoms. The molecule has 0 saturated carbocycles. The van der Waals surface area contributed by atoms with E-state index >= 15 is 0 Å². The number of hydrogen-bond acceptors (Lipinski definition) is 2. The van der Waals surface area contributed by atoms with Crippen LogP contribution in [0.5, 0.6) is 11.5 Å². The first-order valence-corrected chi connectivity index (χ1v) is 4.99. The van der Waals surface area contributed by atoms with E-state index in [-0.39, 0.29) is 11.5 Å². The Kier molecular flexibility index (Phi) is 2.11. The van der Waals surface area contributed by atoms with Crippen LogP contribution in [0.2, 0.25) is 0 Å². The van der Waals surface area contributed by atoms with E-state index in [4.69, 9.17) is 0 Å². The lowest BCUT2D eigenvalue weighted by Gasteiger charge is -2.05. The third-order valence-corrected chi connectivity index (χ3v) is 3.10. The van der Waals surface area contributed by atoms with E-state index in [1.165, 1.54) is 6.07 Å². The van der Waals surface area contributed by atoms with E-state index in [2.05, 4.69) is 15.9 Å². The fourth-order valence-electron chi connectivity index (χ4n) is 1.43. The Morgan fingerprint density at radius 3 is 2.57 bits per heavy atom. The molecule has 0 radical (unpaired) electrons. The number of benzene rings is 2. The number of aromatic hydroxyl groups is 2. The lowest BCUT2D eigenvalue weighted by atomic mass is 10.1. The molecule has 0 unspecified atom stereocenters. The van der Waals surface area contributed by atoms with E-state index in [1.807, 2.05) is 13.0 Å². The monoisotopic (exact) mass is 252 g/mol. The van der Waals surface area contributed by atoms with Gasteiger partial charge in [0, 0.05) is 9.86 Å². The number of aryl methyl sites for hydroxylation is 1. The Hall–Kier alpha value is -1.22. The number of halogens is 1. The average molecular weight is 253 g/mol.